The van der Waals surface area contributed by atoms with Crippen LogP contribution in [0.25, 0.3) is 0 Å². The molecule has 0 atom stereocenters. The highest BCUT2D eigenvalue weighted by Gasteiger charge is 2.23. The van der Waals surface area contributed by atoms with Crippen molar-refractivity contribution in [3.63, 3.8) is 0 Å². The minimum Gasteiger partial charge on any atom is -0.378 e. The maximum absolute atomic E-state index is 12.6. The number of nitriles is 1. The molecule has 34 heavy (non-hydrogen) atoms. The topological polar surface area (TPSA) is 97.7 Å². The molecule has 0 spiro atoms. The van der Waals surface area contributed by atoms with Crippen molar-refractivity contribution in [2.24, 2.45) is 0 Å². The summed E-state index contributed by atoms with van der Waals surface area (Å²) >= 11 is 1.52. The standard InChI is InChI=1S/C25H31N5O3S/c1-2-29(11-10-23(31)28-25-21(16-26)20-4-3-5-22(20)34-25)17-24(32)27-18-6-8-19(9-7-18)30-12-14-33-15-13-30/h6-9H,2-5,10-15,17H2,1H3,(H,27,32)(H,28,31). The molecule has 2 heterocycles. The lowest BCUT2D eigenvalue weighted by Crippen LogP contribution is -2.36. The molecular weight excluding hydrogens is 450 g/mol. The number of hydrogen-bond acceptors (Lipinski definition) is 7. The number of anilines is 3. The Labute approximate surface area is 204 Å². The van der Waals surface area contributed by atoms with Crippen LogP contribution in [0.5, 0.6) is 0 Å². The minimum atomic E-state index is -0.131. The molecule has 2 N–H and O–H groups in total. The predicted octanol–water partition coefficient (Wildman–Crippen LogP) is 3.23. The molecule has 2 aliphatic rings. The number of benzene rings is 1. The Hall–Kier alpha value is -2.93. The largest absolute Gasteiger partial charge is 0.378 e. The first kappa shape index (κ1) is 24.2. The van der Waals surface area contributed by atoms with Gasteiger partial charge < -0.3 is 20.3 Å². The summed E-state index contributed by atoms with van der Waals surface area (Å²) < 4.78 is 5.39. The summed E-state index contributed by atoms with van der Waals surface area (Å²) in [4.78, 5) is 30.5. The molecule has 0 unspecified atom stereocenters. The second-order valence-electron chi connectivity index (χ2n) is 8.53. The first-order chi connectivity index (χ1) is 16.6. The summed E-state index contributed by atoms with van der Waals surface area (Å²) in [7, 11) is 0. The van der Waals surface area contributed by atoms with E-state index in [-0.39, 0.29) is 24.8 Å². The summed E-state index contributed by atoms with van der Waals surface area (Å²) in [5, 5.41) is 16.0. The van der Waals surface area contributed by atoms with Crippen LogP contribution >= 0.6 is 11.3 Å². The monoisotopic (exact) mass is 481 g/mol. The molecule has 180 valence electrons. The number of hydrogen-bond donors (Lipinski definition) is 2. The van der Waals surface area contributed by atoms with Crippen molar-refractivity contribution in [2.75, 3.05) is 61.5 Å². The number of carbonyl (C=O) groups is 2. The number of amides is 2. The van der Waals surface area contributed by atoms with Gasteiger partial charge in [-0.15, -0.1) is 11.3 Å². The highest BCUT2D eigenvalue weighted by molar-refractivity contribution is 7.16. The molecule has 1 fully saturated rings. The Morgan fingerprint density at radius 3 is 2.62 bits per heavy atom. The lowest BCUT2D eigenvalue weighted by Gasteiger charge is -2.29. The second-order valence-corrected chi connectivity index (χ2v) is 9.64. The lowest BCUT2D eigenvalue weighted by atomic mass is 10.1. The number of carbonyl (C=O) groups excluding carboxylic acids is 2. The predicted molar refractivity (Wildman–Crippen MR) is 135 cm³/mol. The van der Waals surface area contributed by atoms with Crippen LogP contribution in [0.3, 0.4) is 0 Å². The van der Waals surface area contributed by atoms with Crippen LogP contribution in [0, 0.1) is 11.3 Å². The van der Waals surface area contributed by atoms with Crippen molar-refractivity contribution in [3.8, 4) is 6.07 Å². The quantitative estimate of drug-likeness (QED) is 0.571. The van der Waals surface area contributed by atoms with Crippen molar-refractivity contribution in [1.29, 1.82) is 5.26 Å². The Morgan fingerprint density at radius 2 is 1.91 bits per heavy atom. The zero-order chi connectivity index (χ0) is 23.9. The first-order valence-corrected chi connectivity index (χ1v) is 12.7. The highest BCUT2D eigenvalue weighted by Crippen LogP contribution is 2.38. The summed E-state index contributed by atoms with van der Waals surface area (Å²) in [5.41, 5.74) is 3.61. The molecule has 9 heteroatoms. The molecule has 0 radical (unpaired) electrons. The Kier molecular flexibility index (Phi) is 8.16. The van der Waals surface area contributed by atoms with Gasteiger partial charge in [0.15, 0.2) is 0 Å². The number of aryl methyl sites for hydroxylation is 1. The van der Waals surface area contributed by atoms with Crippen molar-refractivity contribution in [1.82, 2.24) is 4.90 Å². The van der Waals surface area contributed by atoms with E-state index < -0.39 is 0 Å². The van der Waals surface area contributed by atoms with Gasteiger partial charge in [0.25, 0.3) is 0 Å². The first-order valence-electron chi connectivity index (χ1n) is 11.9. The molecule has 2 amide bonds. The summed E-state index contributed by atoms with van der Waals surface area (Å²) in [6.07, 6.45) is 3.25. The number of ether oxygens (including phenoxy) is 1. The van der Waals surface area contributed by atoms with Gasteiger partial charge in [-0.2, -0.15) is 5.26 Å². The third kappa shape index (κ3) is 5.95. The molecule has 0 bridgehead atoms. The van der Waals surface area contributed by atoms with E-state index in [0.717, 1.165) is 62.5 Å². The number of nitrogens with zero attached hydrogens (tertiary/aromatic N) is 3. The molecule has 1 aromatic heterocycles. The number of thiophene rings is 1. The molecule has 1 aliphatic carbocycles. The smallest absolute Gasteiger partial charge is 0.238 e. The molecule has 1 aromatic carbocycles. The van der Waals surface area contributed by atoms with Crippen LogP contribution in [0.4, 0.5) is 16.4 Å². The van der Waals surface area contributed by atoms with E-state index in [0.29, 0.717) is 23.7 Å². The van der Waals surface area contributed by atoms with Gasteiger partial charge in [0, 0.05) is 42.3 Å². The number of likely N-dealkylation sites (N-methyl/N-ethyl adjacent to an activating group) is 1. The van der Waals surface area contributed by atoms with Gasteiger partial charge in [0.05, 0.1) is 25.3 Å². The second kappa shape index (κ2) is 11.5. The van der Waals surface area contributed by atoms with Crippen LogP contribution in [0.1, 0.15) is 35.8 Å². The maximum Gasteiger partial charge on any atom is 0.238 e. The number of fused-ring (bicyclic) bond motifs is 1. The highest BCUT2D eigenvalue weighted by atomic mass is 32.1. The van der Waals surface area contributed by atoms with E-state index in [1.54, 1.807) is 0 Å². The lowest BCUT2D eigenvalue weighted by molar-refractivity contribution is -0.119. The van der Waals surface area contributed by atoms with E-state index in [4.69, 9.17) is 4.74 Å². The van der Waals surface area contributed by atoms with Crippen LogP contribution in [-0.4, -0.2) is 62.7 Å². The minimum absolute atomic E-state index is 0.108. The summed E-state index contributed by atoms with van der Waals surface area (Å²) in [5.74, 6) is -0.239. The third-order valence-corrected chi connectivity index (χ3v) is 7.49. The zero-order valence-corrected chi connectivity index (χ0v) is 20.4. The fourth-order valence-electron chi connectivity index (χ4n) is 4.39. The van der Waals surface area contributed by atoms with Gasteiger partial charge in [0.1, 0.15) is 11.1 Å². The average Bonchev–Trinajstić information content (AvgIpc) is 3.43. The Bertz CT molecular complexity index is 1050. The van der Waals surface area contributed by atoms with Gasteiger partial charge in [-0.05, 0) is 55.6 Å². The number of morpholine rings is 1. The molecule has 0 saturated carbocycles. The summed E-state index contributed by atoms with van der Waals surface area (Å²) in [6.45, 7) is 6.53. The molecule has 1 aliphatic heterocycles. The van der Waals surface area contributed by atoms with Crippen LogP contribution < -0.4 is 15.5 Å². The van der Waals surface area contributed by atoms with E-state index in [1.807, 2.05) is 36.1 Å². The van der Waals surface area contributed by atoms with Crippen LogP contribution in [0.15, 0.2) is 24.3 Å². The fourth-order valence-corrected chi connectivity index (χ4v) is 5.65. The molecule has 8 nitrogen and oxygen atoms in total. The van der Waals surface area contributed by atoms with E-state index in [1.165, 1.54) is 16.2 Å². The Balaban J connectivity index is 1.23. The third-order valence-electron chi connectivity index (χ3n) is 6.28. The molecule has 1 saturated heterocycles. The van der Waals surface area contributed by atoms with E-state index in [2.05, 4.69) is 21.6 Å². The van der Waals surface area contributed by atoms with Crippen molar-refractivity contribution >= 4 is 39.5 Å². The maximum atomic E-state index is 12.6. The van der Waals surface area contributed by atoms with Gasteiger partial charge in [-0.3, -0.25) is 14.5 Å². The van der Waals surface area contributed by atoms with Gasteiger partial charge in [-0.25, -0.2) is 0 Å². The van der Waals surface area contributed by atoms with Crippen molar-refractivity contribution in [3.05, 3.63) is 40.3 Å². The number of rotatable bonds is 9. The average molecular weight is 482 g/mol. The fraction of sp³-hybridized carbons (Fsp3) is 0.480. The SMILES string of the molecule is CCN(CCC(=O)Nc1sc2c(c1C#N)CCC2)CC(=O)Nc1ccc(N2CCOCC2)cc1. The number of nitrogens with one attached hydrogen (secondary N) is 2. The van der Waals surface area contributed by atoms with Crippen LogP contribution in [-0.2, 0) is 27.2 Å². The van der Waals surface area contributed by atoms with Crippen molar-refractivity contribution in [2.45, 2.75) is 32.6 Å². The molecule has 4 rings (SSSR count). The van der Waals surface area contributed by atoms with Gasteiger partial charge >= 0.3 is 0 Å². The van der Waals surface area contributed by atoms with E-state index in [9.17, 15) is 14.9 Å². The molecule has 2 aromatic rings. The van der Waals surface area contributed by atoms with Gasteiger partial charge in [0.2, 0.25) is 11.8 Å². The molecular formula is C25H31N5O3S. The van der Waals surface area contributed by atoms with Crippen LogP contribution in [0.2, 0.25) is 0 Å². The zero-order valence-electron chi connectivity index (χ0n) is 19.6. The Morgan fingerprint density at radius 1 is 1.15 bits per heavy atom. The van der Waals surface area contributed by atoms with Gasteiger partial charge in [-0.1, -0.05) is 6.92 Å². The van der Waals surface area contributed by atoms with Crippen molar-refractivity contribution < 1.29 is 14.3 Å². The normalized spacial score (nSPS) is 15.1. The van der Waals surface area contributed by atoms with E-state index >= 15 is 0 Å². The summed E-state index contributed by atoms with van der Waals surface area (Å²) in [6, 6.07) is 10.1.